The van der Waals surface area contributed by atoms with Crippen molar-refractivity contribution in [3.05, 3.63) is 47.1 Å². The van der Waals surface area contributed by atoms with Crippen LogP contribution in [0.1, 0.15) is 22.1 Å². The van der Waals surface area contributed by atoms with Crippen LogP contribution in [0.15, 0.2) is 34.3 Å². The standard InChI is InChI=1S/C15H14N4O2S/c1-10-7-11(17-21-10)15(20)18-4-5-19-12(8-16-14(19)9-18)13-3-2-6-22-13/h2-3,6-8H,4-5,9H2,1H3. The summed E-state index contributed by atoms with van der Waals surface area (Å²) >= 11 is 1.70. The van der Waals surface area contributed by atoms with Crippen LogP contribution >= 0.6 is 11.3 Å². The van der Waals surface area contributed by atoms with Gasteiger partial charge in [0.1, 0.15) is 11.6 Å². The Labute approximate surface area is 131 Å². The van der Waals surface area contributed by atoms with Crippen molar-refractivity contribution in [2.24, 2.45) is 0 Å². The SMILES string of the molecule is Cc1cc(C(=O)N2CCn3c(-c4cccs4)cnc3C2)no1. The number of thiophene rings is 1. The largest absolute Gasteiger partial charge is 0.361 e. The number of fused-ring (bicyclic) bond motifs is 1. The Morgan fingerprint density at radius 2 is 2.32 bits per heavy atom. The maximum absolute atomic E-state index is 12.4. The van der Waals surface area contributed by atoms with Gasteiger partial charge in [0.2, 0.25) is 0 Å². The molecule has 0 saturated heterocycles. The lowest BCUT2D eigenvalue weighted by Crippen LogP contribution is -2.38. The van der Waals surface area contributed by atoms with Gasteiger partial charge in [0.15, 0.2) is 5.69 Å². The van der Waals surface area contributed by atoms with Gasteiger partial charge in [0.05, 0.1) is 23.3 Å². The molecule has 7 heteroatoms. The molecule has 0 fully saturated rings. The molecule has 0 atom stereocenters. The van der Waals surface area contributed by atoms with Crippen LogP contribution in [0.25, 0.3) is 10.6 Å². The highest BCUT2D eigenvalue weighted by Crippen LogP contribution is 2.28. The second-order valence-electron chi connectivity index (χ2n) is 5.24. The number of amides is 1. The zero-order valence-electron chi connectivity index (χ0n) is 12.0. The first-order valence-corrected chi connectivity index (χ1v) is 7.91. The van der Waals surface area contributed by atoms with Gasteiger partial charge in [-0.05, 0) is 18.4 Å². The minimum atomic E-state index is -0.108. The van der Waals surface area contributed by atoms with Crippen molar-refractivity contribution in [1.82, 2.24) is 19.6 Å². The summed E-state index contributed by atoms with van der Waals surface area (Å²) in [6, 6.07) is 5.79. The van der Waals surface area contributed by atoms with Crippen molar-refractivity contribution in [2.75, 3.05) is 6.54 Å². The van der Waals surface area contributed by atoms with Crippen molar-refractivity contribution in [3.8, 4) is 10.6 Å². The number of hydrogen-bond donors (Lipinski definition) is 0. The second-order valence-corrected chi connectivity index (χ2v) is 6.19. The van der Waals surface area contributed by atoms with E-state index in [1.54, 1.807) is 29.2 Å². The molecule has 4 heterocycles. The van der Waals surface area contributed by atoms with Crippen LogP contribution in [-0.4, -0.2) is 32.1 Å². The van der Waals surface area contributed by atoms with Gasteiger partial charge in [-0.1, -0.05) is 11.2 Å². The fourth-order valence-electron chi connectivity index (χ4n) is 2.68. The normalized spacial score (nSPS) is 14.1. The Kier molecular flexibility index (Phi) is 3.07. The molecule has 4 rings (SSSR count). The molecule has 22 heavy (non-hydrogen) atoms. The molecule has 6 nitrogen and oxygen atoms in total. The summed E-state index contributed by atoms with van der Waals surface area (Å²) in [6.07, 6.45) is 1.88. The zero-order chi connectivity index (χ0) is 15.1. The van der Waals surface area contributed by atoms with Crippen molar-refractivity contribution in [2.45, 2.75) is 20.0 Å². The maximum Gasteiger partial charge on any atom is 0.276 e. The molecule has 0 N–H and O–H groups in total. The van der Waals surface area contributed by atoms with Gasteiger partial charge in [0.25, 0.3) is 5.91 Å². The van der Waals surface area contributed by atoms with E-state index in [1.165, 1.54) is 4.88 Å². The Morgan fingerprint density at radius 1 is 1.41 bits per heavy atom. The van der Waals surface area contributed by atoms with Crippen molar-refractivity contribution in [1.29, 1.82) is 0 Å². The molecule has 1 aliphatic rings. The van der Waals surface area contributed by atoms with Gasteiger partial charge in [-0.3, -0.25) is 4.79 Å². The van der Waals surface area contributed by atoms with Crippen molar-refractivity contribution in [3.63, 3.8) is 0 Å². The summed E-state index contributed by atoms with van der Waals surface area (Å²) in [6.45, 7) is 3.66. The predicted octanol–water partition coefficient (Wildman–Crippen LogP) is 2.56. The van der Waals surface area contributed by atoms with Crippen LogP contribution in [0.3, 0.4) is 0 Å². The predicted molar refractivity (Wildman–Crippen MR) is 81.5 cm³/mol. The molecule has 0 saturated carbocycles. The fourth-order valence-corrected chi connectivity index (χ4v) is 3.43. The lowest BCUT2D eigenvalue weighted by molar-refractivity contribution is 0.0697. The first-order valence-electron chi connectivity index (χ1n) is 7.03. The van der Waals surface area contributed by atoms with E-state index >= 15 is 0 Å². The zero-order valence-corrected chi connectivity index (χ0v) is 12.8. The molecule has 0 radical (unpaired) electrons. The third-order valence-electron chi connectivity index (χ3n) is 3.77. The highest BCUT2D eigenvalue weighted by molar-refractivity contribution is 7.13. The molecule has 1 aliphatic heterocycles. The molecule has 0 aliphatic carbocycles. The average molecular weight is 314 g/mol. The highest BCUT2D eigenvalue weighted by atomic mass is 32.1. The van der Waals surface area contributed by atoms with Crippen LogP contribution < -0.4 is 0 Å². The number of carbonyl (C=O) groups is 1. The molecule has 3 aromatic heterocycles. The number of rotatable bonds is 2. The Hall–Kier alpha value is -2.41. The molecule has 3 aromatic rings. The third kappa shape index (κ3) is 2.14. The topological polar surface area (TPSA) is 64.2 Å². The first-order chi connectivity index (χ1) is 10.7. The van der Waals surface area contributed by atoms with Gasteiger partial charge in [0, 0.05) is 19.2 Å². The summed E-state index contributed by atoms with van der Waals surface area (Å²) in [7, 11) is 0. The summed E-state index contributed by atoms with van der Waals surface area (Å²) in [4.78, 5) is 19.9. The van der Waals surface area contributed by atoms with Crippen LogP contribution in [0.5, 0.6) is 0 Å². The second kappa shape index (κ2) is 5.10. The Balaban J connectivity index is 1.59. The van der Waals surface area contributed by atoms with E-state index in [1.807, 2.05) is 12.3 Å². The van der Waals surface area contributed by atoms with Crippen molar-refractivity contribution >= 4 is 17.2 Å². The van der Waals surface area contributed by atoms with E-state index in [2.05, 4.69) is 26.2 Å². The lowest BCUT2D eigenvalue weighted by Gasteiger charge is -2.27. The van der Waals surface area contributed by atoms with E-state index in [0.717, 1.165) is 18.1 Å². The van der Waals surface area contributed by atoms with E-state index in [0.29, 0.717) is 24.5 Å². The third-order valence-corrected chi connectivity index (χ3v) is 4.66. The summed E-state index contributed by atoms with van der Waals surface area (Å²) in [5, 5.41) is 5.86. The van der Waals surface area contributed by atoms with E-state index in [-0.39, 0.29) is 5.91 Å². The summed E-state index contributed by atoms with van der Waals surface area (Å²) in [5.41, 5.74) is 1.48. The van der Waals surface area contributed by atoms with Crippen molar-refractivity contribution < 1.29 is 9.32 Å². The lowest BCUT2D eigenvalue weighted by atomic mass is 10.2. The number of aryl methyl sites for hydroxylation is 1. The van der Waals surface area contributed by atoms with E-state index in [9.17, 15) is 4.79 Å². The summed E-state index contributed by atoms with van der Waals surface area (Å²) in [5.74, 6) is 1.44. The molecular weight excluding hydrogens is 300 g/mol. The molecule has 0 unspecified atom stereocenters. The van der Waals surface area contributed by atoms with Gasteiger partial charge >= 0.3 is 0 Å². The molecule has 112 valence electrons. The molecule has 0 bridgehead atoms. The van der Waals surface area contributed by atoms with Gasteiger partial charge < -0.3 is 14.0 Å². The average Bonchev–Trinajstić information content (AvgIpc) is 3.25. The molecule has 0 spiro atoms. The number of aromatic nitrogens is 3. The van der Waals surface area contributed by atoms with Crippen LogP contribution in [0, 0.1) is 6.92 Å². The minimum absolute atomic E-state index is 0.108. The van der Waals surface area contributed by atoms with E-state index < -0.39 is 0 Å². The Bertz CT molecular complexity index is 819. The van der Waals surface area contributed by atoms with E-state index in [4.69, 9.17) is 4.52 Å². The molecule has 0 aromatic carbocycles. The quantitative estimate of drug-likeness (QED) is 0.729. The minimum Gasteiger partial charge on any atom is -0.361 e. The van der Waals surface area contributed by atoms with Crippen LogP contribution in [0.2, 0.25) is 0 Å². The maximum atomic E-state index is 12.4. The first kappa shape index (κ1) is 13.3. The monoisotopic (exact) mass is 314 g/mol. The van der Waals surface area contributed by atoms with Gasteiger partial charge in [-0.2, -0.15) is 0 Å². The highest BCUT2D eigenvalue weighted by Gasteiger charge is 2.26. The number of hydrogen-bond acceptors (Lipinski definition) is 5. The molecule has 1 amide bonds. The number of carbonyl (C=O) groups excluding carboxylic acids is 1. The van der Waals surface area contributed by atoms with Crippen LogP contribution in [-0.2, 0) is 13.1 Å². The smallest absolute Gasteiger partial charge is 0.276 e. The molecular formula is C15H14N4O2S. The fraction of sp³-hybridized carbons (Fsp3) is 0.267. The number of imidazole rings is 1. The van der Waals surface area contributed by atoms with Crippen LogP contribution in [0.4, 0.5) is 0 Å². The Morgan fingerprint density at radius 3 is 3.05 bits per heavy atom. The van der Waals surface area contributed by atoms with Gasteiger partial charge in [-0.15, -0.1) is 11.3 Å². The number of nitrogens with zero attached hydrogens (tertiary/aromatic N) is 4. The summed E-state index contributed by atoms with van der Waals surface area (Å²) < 4.78 is 7.17. The van der Waals surface area contributed by atoms with Gasteiger partial charge in [-0.25, -0.2) is 4.98 Å².